The maximum atomic E-state index is 12.8. The van der Waals surface area contributed by atoms with Crippen LogP contribution in [0.3, 0.4) is 0 Å². The summed E-state index contributed by atoms with van der Waals surface area (Å²) in [5.74, 6) is 0.318. The number of alkyl halides is 3. The average molecular weight is 452 g/mol. The number of morpholine rings is 1. The molecule has 0 aliphatic carbocycles. The number of hydrogen-bond donors (Lipinski definition) is 0. The molecule has 1 fully saturated rings. The third kappa shape index (κ3) is 6.12. The van der Waals surface area contributed by atoms with Crippen LogP contribution in [0.15, 0.2) is 54.6 Å². The molecule has 1 aliphatic heterocycles. The van der Waals surface area contributed by atoms with E-state index in [4.69, 9.17) is 21.1 Å². The van der Waals surface area contributed by atoms with E-state index in [9.17, 15) is 18.0 Å². The highest BCUT2D eigenvalue weighted by molar-refractivity contribution is 6.32. The zero-order valence-corrected chi connectivity index (χ0v) is 17.5. The number of ether oxygens (including phenoxy) is 2. The van der Waals surface area contributed by atoms with Crippen LogP contribution >= 0.6 is 11.6 Å². The molecule has 0 bridgehead atoms. The van der Waals surface area contributed by atoms with Crippen molar-refractivity contribution >= 4 is 29.2 Å². The van der Waals surface area contributed by atoms with E-state index in [0.29, 0.717) is 53.8 Å². The number of halogens is 4. The number of amides is 1. The van der Waals surface area contributed by atoms with E-state index >= 15 is 0 Å². The van der Waals surface area contributed by atoms with Crippen LogP contribution in [0.1, 0.15) is 16.7 Å². The van der Waals surface area contributed by atoms with Crippen molar-refractivity contribution in [2.45, 2.75) is 6.18 Å². The molecular formula is C23H21ClF3NO3. The second-order valence-corrected chi connectivity index (χ2v) is 7.25. The maximum Gasteiger partial charge on any atom is 0.416 e. The van der Waals surface area contributed by atoms with Gasteiger partial charge in [-0.05, 0) is 41.0 Å². The maximum absolute atomic E-state index is 12.8. The molecule has 0 radical (unpaired) electrons. The van der Waals surface area contributed by atoms with Crippen molar-refractivity contribution in [3.05, 3.63) is 76.3 Å². The van der Waals surface area contributed by atoms with Crippen molar-refractivity contribution < 1.29 is 27.4 Å². The fourth-order valence-corrected chi connectivity index (χ4v) is 3.31. The van der Waals surface area contributed by atoms with Gasteiger partial charge in [-0.3, -0.25) is 4.79 Å². The Bertz CT molecular complexity index is 979. The largest absolute Gasteiger partial charge is 0.495 e. The Morgan fingerprint density at radius 2 is 1.81 bits per heavy atom. The predicted molar refractivity (Wildman–Crippen MR) is 114 cm³/mol. The standard InChI is InChI=1S/C23H21ClF3NO3/c1-30-21-9-6-17(14-20(21)24)18(15-22(29)28-10-12-31-13-11-28)5-2-16-3-7-19(8-4-16)23(25,26)27/h2-9,14-15H,10-13H2,1H3. The van der Waals surface area contributed by atoms with Crippen LogP contribution in [-0.4, -0.2) is 44.2 Å². The summed E-state index contributed by atoms with van der Waals surface area (Å²) < 4.78 is 48.8. The summed E-state index contributed by atoms with van der Waals surface area (Å²) in [6, 6.07) is 9.93. The van der Waals surface area contributed by atoms with Gasteiger partial charge in [0.2, 0.25) is 5.91 Å². The number of hydrogen-bond acceptors (Lipinski definition) is 3. The molecule has 1 amide bonds. The monoisotopic (exact) mass is 451 g/mol. The van der Waals surface area contributed by atoms with Crippen LogP contribution in [-0.2, 0) is 15.7 Å². The first-order valence-corrected chi connectivity index (χ1v) is 9.93. The molecule has 8 heteroatoms. The third-order valence-electron chi connectivity index (χ3n) is 4.78. The number of rotatable bonds is 5. The molecule has 2 aromatic carbocycles. The Kier molecular flexibility index (Phi) is 7.41. The van der Waals surface area contributed by atoms with Gasteiger partial charge in [-0.15, -0.1) is 0 Å². The van der Waals surface area contributed by atoms with Gasteiger partial charge in [0.25, 0.3) is 0 Å². The minimum absolute atomic E-state index is 0.178. The van der Waals surface area contributed by atoms with Gasteiger partial charge in [-0.2, -0.15) is 13.2 Å². The summed E-state index contributed by atoms with van der Waals surface area (Å²) in [6.07, 6.45) is 0.428. The minimum atomic E-state index is -4.39. The molecule has 0 aromatic heterocycles. The van der Waals surface area contributed by atoms with E-state index in [-0.39, 0.29) is 5.91 Å². The van der Waals surface area contributed by atoms with Gasteiger partial charge >= 0.3 is 6.18 Å². The highest BCUT2D eigenvalue weighted by Crippen LogP contribution is 2.31. The average Bonchev–Trinajstić information content (AvgIpc) is 2.76. The first-order chi connectivity index (χ1) is 14.8. The second kappa shape index (κ2) is 10.0. The number of benzene rings is 2. The lowest BCUT2D eigenvalue weighted by Gasteiger charge is -2.26. The lowest BCUT2D eigenvalue weighted by Crippen LogP contribution is -2.39. The summed E-state index contributed by atoms with van der Waals surface area (Å²) in [7, 11) is 1.50. The summed E-state index contributed by atoms with van der Waals surface area (Å²) in [4.78, 5) is 14.4. The van der Waals surface area contributed by atoms with Crippen LogP contribution < -0.4 is 4.74 Å². The van der Waals surface area contributed by atoms with Crippen molar-refractivity contribution in [1.82, 2.24) is 4.90 Å². The van der Waals surface area contributed by atoms with Crippen molar-refractivity contribution in [3.8, 4) is 5.75 Å². The molecule has 0 atom stereocenters. The number of methoxy groups -OCH3 is 1. The number of carbonyl (C=O) groups is 1. The van der Waals surface area contributed by atoms with Gasteiger partial charge in [0, 0.05) is 19.2 Å². The summed E-state index contributed by atoms with van der Waals surface area (Å²) in [6.45, 7) is 1.94. The SMILES string of the molecule is COc1ccc(C(C=Cc2ccc(C(F)(F)F)cc2)=CC(=O)N2CCOCC2)cc1Cl. The molecule has 0 N–H and O–H groups in total. The Labute approximate surface area is 183 Å². The molecule has 1 saturated heterocycles. The summed E-state index contributed by atoms with van der Waals surface area (Å²) in [5.41, 5.74) is 1.10. The van der Waals surface area contributed by atoms with E-state index in [1.54, 1.807) is 35.3 Å². The minimum Gasteiger partial charge on any atom is -0.495 e. The van der Waals surface area contributed by atoms with Crippen molar-refractivity contribution in [3.63, 3.8) is 0 Å². The zero-order valence-electron chi connectivity index (χ0n) is 16.8. The van der Waals surface area contributed by atoms with Gasteiger partial charge in [0.1, 0.15) is 5.75 Å². The normalized spacial score (nSPS) is 15.4. The summed E-state index contributed by atoms with van der Waals surface area (Å²) >= 11 is 6.24. The first-order valence-electron chi connectivity index (χ1n) is 9.55. The van der Waals surface area contributed by atoms with Crippen molar-refractivity contribution in [2.24, 2.45) is 0 Å². The molecule has 0 saturated carbocycles. The Morgan fingerprint density at radius 1 is 1.13 bits per heavy atom. The van der Waals surface area contributed by atoms with Crippen LogP contribution in [0.4, 0.5) is 13.2 Å². The van der Waals surface area contributed by atoms with Crippen LogP contribution in [0.5, 0.6) is 5.75 Å². The van der Waals surface area contributed by atoms with E-state index in [1.165, 1.54) is 25.3 Å². The van der Waals surface area contributed by atoms with Crippen LogP contribution in [0.25, 0.3) is 11.6 Å². The molecule has 164 valence electrons. The molecule has 0 spiro atoms. The van der Waals surface area contributed by atoms with Gasteiger partial charge in [0.05, 0.1) is 30.9 Å². The Morgan fingerprint density at radius 3 is 2.39 bits per heavy atom. The van der Waals surface area contributed by atoms with Crippen molar-refractivity contribution in [2.75, 3.05) is 33.4 Å². The Hall–Kier alpha value is -2.77. The van der Waals surface area contributed by atoms with E-state index < -0.39 is 11.7 Å². The number of allylic oxidation sites excluding steroid dienone is 2. The van der Waals surface area contributed by atoms with Gasteiger partial charge in [0.15, 0.2) is 0 Å². The molecule has 2 aromatic rings. The molecule has 4 nitrogen and oxygen atoms in total. The third-order valence-corrected chi connectivity index (χ3v) is 5.08. The number of nitrogens with zero attached hydrogens (tertiary/aromatic N) is 1. The number of carbonyl (C=O) groups excluding carboxylic acids is 1. The molecule has 3 rings (SSSR count). The second-order valence-electron chi connectivity index (χ2n) is 6.84. The highest BCUT2D eigenvalue weighted by Gasteiger charge is 2.29. The van der Waals surface area contributed by atoms with E-state index in [0.717, 1.165) is 12.1 Å². The fraction of sp³-hybridized carbons (Fsp3) is 0.261. The summed E-state index contributed by atoms with van der Waals surface area (Å²) in [5, 5.41) is 0.382. The quantitative estimate of drug-likeness (QED) is 0.456. The molecule has 1 heterocycles. The van der Waals surface area contributed by atoms with Crippen LogP contribution in [0, 0.1) is 0 Å². The topological polar surface area (TPSA) is 38.8 Å². The van der Waals surface area contributed by atoms with E-state index in [2.05, 4.69) is 0 Å². The van der Waals surface area contributed by atoms with Gasteiger partial charge in [-0.1, -0.05) is 42.0 Å². The zero-order chi connectivity index (χ0) is 22.4. The molecular weight excluding hydrogens is 431 g/mol. The first kappa shape index (κ1) is 22.9. The lowest BCUT2D eigenvalue weighted by atomic mass is 10.0. The Balaban J connectivity index is 1.91. The van der Waals surface area contributed by atoms with Crippen LogP contribution in [0.2, 0.25) is 5.02 Å². The molecule has 1 aliphatic rings. The predicted octanol–water partition coefficient (Wildman–Crippen LogP) is 5.32. The lowest BCUT2D eigenvalue weighted by molar-refractivity contribution is -0.137. The molecule has 0 unspecified atom stereocenters. The van der Waals surface area contributed by atoms with Gasteiger partial charge < -0.3 is 14.4 Å². The highest BCUT2D eigenvalue weighted by atomic mass is 35.5. The van der Waals surface area contributed by atoms with E-state index in [1.807, 2.05) is 0 Å². The van der Waals surface area contributed by atoms with Crippen molar-refractivity contribution in [1.29, 1.82) is 0 Å². The fourth-order valence-electron chi connectivity index (χ4n) is 3.05. The van der Waals surface area contributed by atoms with Gasteiger partial charge in [-0.25, -0.2) is 0 Å². The smallest absolute Gasteiger partial charge is 0.416 e. The molecule has 31 heavy (non-hydrogen) atoms.